The van der Waals surface area contributed by atoms with Gasteiger partial charge in [-0.2, -0.15) is 0 Å². The van der Waals surface area contributed by atoms with Crippen molar-refractivity contribution in [2.75, 3.05) is 19.7 Å². The van der Waals surface area contributed by atoms with E-state index >= 15 is 0 Å². The average molecular weight is 239 g/mol. The Hall–Kier alpha value is -0.570. The van der Waals surface area contributed by atoms with Crippen LogP contribution in [0.2, 0.25) is 0 Å². The van der Waals surface area contributed by atoms with Crippen LogP contribution in [-0.2, 0) is 9.53 Å². The summed E-state index contributed by atoms with van der Waals surface area (Å²) in [4.78, 5) is 14.2. The molecule has 0 saturated carbocycles. The third-order valence-corrected chi connectivity index (χ3v) is 4.07. The third kappa shape index (κ3) is 3.98. The van der Waals surface area contributed by atoms with E-state index in [1.54, 1.807) is 0 Å². The highest BCUT2D eigenvalue weighted by Crippen LogP contribution is 2.20. The average Bonchev–Trinajstić information content (AvgIpc) is 2.74. The predicted molar refractivity (Wildman–Crippen MR) is 67.8 cm³/mol. The van der Waals surface area contributed by atoms with Crippen LogP contribution in [0.4, 0.5) is 0 Å². The Kier molecular flexibility index (Phi) is 4.84. The lowest BCUT2D eigenvalue weighted by Gasteiger charge is -2.21. The van der Waals surface area contributed by atoms with E-state index in [-0.39, 0.29) is 0 Å². The quantitative estimate of drug-likeness (QED) is 0.757. The molecule has 2 saturated heterocycles. The molecule has 2 aliphatic heterocycles. The van der Waals surface area contributed by atoms with Gasteiger partial charge in [0.1, 0.15) is 0 Å². The first-order valence-corrected chi connectivity index (χ1v) is 7.15. The maximum absolute atomic E-state index is 12.1. The van der Waals surface area contributed by atoms with Crippen LogP contribution < -0.4 is 0 Å². The Morgan fingerprint density at radius 3 is 2.88 bits per heavy atom. The van der Waals surface area contributed by atoms with Crippen LogP contribution in [-0.4, -0.2) is 36.6 Å². The van der Waals surface area contributed by atoms with Crippen molar-refractivity contribution in [3.8, 4) is 0 Å². The van der Waals surface area contributed by atoms with Gasteiger partial charge < -0.3 is 9.64 Å². The monoisotopic (exact) mass is 239 g/mol. The van der Waals surface area contributed by atoms with Crippen LogP contribution in [0, 0.1) is 5.92 Å². The largest absolute Gasteiger partial charge is 0.378 e. The molecule has 0 aliphatic carbocycles. The van der Waals surface area contributed by atoms with E-state index in [1.165, 1.54) is 25.7 Å². The Labute approximate surface area is 105 Å². The van der Waals surface area contributed by atoms with E-state index in [1.807, 2.05) is 0 Å². The van der Waals surface area contributed by atoms with Gasteiger partial charge in [0.05, 0.1) is 6.10 Å². The number of nitrogens with zero attached hydrogens (tertiary/aromatic N) is 1. The molecule has 0 aromatic rings. The zero-order chi connectivity index (χ0) is 12.1. The molecular formula is C14H25NO2. The summed E-state index contributed by atoms with van der Waals surface area (Å²) < 4.78 is 5.56. The minimum atomic E-state index is 0.342. The van der Waals surface area contributed by atoms with Crippen LogP contribution in [0.15, 0.2) is 0 Å². The zero-order valence-electron chi connectivity index (χ0n) is 11.0. The fourth-order valence-corrected chi connectivity index (χ4v) is 2.83. The summed E-state index contributed by atoms with van der Waals surface area (Å²) >= 11 is 0. The molecule has 98 valence electrons. The normalized spacial score (nSPS) is 30.3. The van der Waals surface area contributed by atoms with Crippen LogP contribution >= 0.6 is 0 Å². The molecule has 2 fully saturated rings. The van der Waals surface area contributed by atoms with E-state index in [9.17, 15) is 4.79 Å². The van der Waals surface area contributed by atoms with Gasteiger partial charge in [-0.15, -0.1) is 0 Å². The van der Waals surface area contributed by atoms with Crippen molar-refractivity contribution in [1.29, 1.82) is 0 Å². The van der Waals surface area contributed by atoms with Gasteiger partial charge in [0.25, 0.3) is 0 Å². The molecule has 0 N–H and O–H groups in total. The van der Waals surface area contributed by atoms with Gasteiger partial charge in [-0.1, -0.05) is 6.92 Å². The fourth-order valence-electron chi connectivity index (χ4n) is 2.83. The molecule has 0 aromatic heterocycles. The minimum Gasteiger partial charge on any atom is -0.378 e. The third-order valence-electron chi connectivity index (χ3n) is 4.07. The SMILES string of the molecule is C[C@@H]1CCCN(C(=O)CC[C@@H]2CCCO2)CC1. The molecule has 3 nitrogen and oxygen atoms in total. The molecular weight excluding hydrogens is 214 g/mol. The number of rotatable bonds is 3. The summed E-state index contributed by atoms with van der Waals surface area (Å²) in [7, 11) is 0. The van der Waals surface area contributed by atoms with E-state index in [0.717, 1.165) is 38.5 Å². The Morgan fingerprint density at radius 2 is 2.12 bits per heavy atom. The molecule has 0 spiro atoms. The number of likely N-dealkylation sites (tertiary alicyclic amines) is 1. The lowest BCUT2D eigenvalue weighted by molar-refractivity contribution is -0.131. The molecule has 0 radical (unpaired) electrons. The highest BCUT2D eigenvalue weighted by Gasteiger charge is 2.21. The van der Waals surface area contributed by atoms with E-state index in [0.29, 0.717) is 18.4 Å². The number of ether oxygens (including phenoxy) is 1. The molecule has 2 atom stereocenters. The van der Waals surface area contributed by atoms with Crippen molar-refractivity contribution in [3.05, 3.63) is 0 Å². The molecule has 2 aliphatic rings. The molecule has 3 heteroatoms. The van der Waals surface area contributed by atoms with Crippen molar-refractivity contribution >= 4 is 5.91 Å². The second-order valence-electron chi connectivity index (χ2n) is 5.59. The summed E-state index contributed by atoms with van der Waals surface area (Å²) in [6.45, 7) is 5.11. The highest BCUT2D eigenvalue weighted by atomic mass is 16.5. The van der Waals surface area contributed by atoms with Crippen molar-refractivity contribution in [2.24, 2.45) is 5.92 Å². The maximum atomic E-state index is 12.1. The van der Waals surface area contributed by atoms with Gasteiger partial charge in [0, 0.05) is 26.1 Å². The van der Waals surface area contributed by atoms with Crippen molar-refractivity contribution in [3.63, 3.8) is 0 Å². The van der Waals surface area contributed by atoms with E-state index in [2.05, 4.69) is 11.8 Å². The number of hydrogen-bond acceptors (Lipinski definition) is 2. The molecule has 0 bridgehead atoms. The summed E-state index contributed by atoms with van der Waals surface area (Å²) in [5.74, 6) is 1.13. The topological polar surface area (TPSA) is 29.5 Å². The Balaban J connectivity index is 1.70. The highest BCUT2D eigenvalue weighted by molar-refractivity contribution is 5.76. The first-order chi connectivity index (χ1) is 8.25. The first kappa shape index (κ1) is 12.9. The van der Waals surface area contributed by atoms with Crippen molar-refractivity contribution in [1.82, 2.24) is 4.90 Å². The summed E-state index contributed by atoms with van der Waals surface area (Å²) in [5, 5.41) is 0. The number of hydrogen-bond donors (Lipinski definition) is 0. The van der Waals surface area contributed by atoms with Gasteiger partial charge in [0.15, 0.2) is 0 Å². The molecule has 0 aromatic carbocycles. The van der Waals surface area contributed by atoms with Gasteiger partial charge in [0.2, 0.25) is 5.91 Å². The summed E-state index contributed by atoms with van der Waals surface area (Å²) in [6.07, 6.45) is 7.88. The Bertz CT molecular complexity index is 249. The predicted octanol–water partition coefficient (Wildman–Crippen LogP) is 2.59. The van der Waals surface area contributed by atoms with Crippen LogP contribution in [0.25, 0.3) is 0 Å². The number of amides is 1. The maximum Gasteiger partial charge on any atom is 0.222 e. The van der Waals surface area contributed by atoms with Gasteiger partial charge in [-0.05, 0) is 44.4 Å². The fraction of sp³-hybridized carbons (Fsp3) is 0.929. The lowest BCUT2D eigenvalue weighted by Crippen LogP contribution is -2.32. The molecule has 2 rings (SSSR count). The van der Waals surface area contributed by atoms with E-state index in [4.69, 9.17) is 4.74 Å². The molecule has 17 heavy (non-hydrogen) atoms. The lowest BCUT2D eigenvalue weighted by atomic mass is 10.0. The van der Waals surface area contributed by atoms with Crippen LogP contribution in [0.1, 0.15) is 51.9 Å². The number of carbonyl (C=O) groups excluding carboxylic acids is 1. The summed E-state index contributed by atoms with van der Waals surface area (Å²) in [5.41, 5.74) is 0. The second kappa shape index (κ2) is 6.39. The number of carbonyl (C=O) groups is 1. The first-order valence-electron chi connectivity index (χ1n) is 7.15. The molecule has 1 amide bonds. The van der Waals surface area contributed by atoms with Crippen molar-refractivity contribution < 1.29 is 9.53 Å². The Morgan fingerprint density at radius 1 is 1.24 bits per heavy atom. The van der Waals surface area contributed by atoms with Crippen LogP contribution in [0.3, 0.4) is 0 Å². The smallest absolute Gasteiger partial charge is 0.222 e. The zero-order valence-corrected chi connectivity index (χ0v) is 11.0. The minimum absolute atomic E-state index is 0.342. The van der Waals surface area contributed by atoms with Gasteiger partial charge >= 0.3 is 0 Å². The van der Waals surface area contributed by atoms with Crippen LogP contribution in [0.5, 0.6) is 0 Å². The van der Waals surface area contributed by atoms with E-state index < -0.39 is 0 Å². The second-order valence-corrected chi connectivity index (χ2v) is 5.59. The van der Waals surface area contributed by atoms with Gasteiger partial charge in [-0.3, -0.25) is 4.79 Å². The van der Waals surface area contributed by atoms with Gasteiger partial charge in [-0.25, -0.2) is 0 Å². The molecule has 2 heterocycles. The van der Waals surface area contributed by atoms with Crippen molar-refractivity contribution in [2.45, 2.75) is 58.0 Å². The standard InChI is InChI=1S/C14H25NO2/c1-12-4-2-9-15(10-8-12)14(16)7-6-13-5-3-11-17-13/h12-13H,2-11H2,1H3/t12-,13+/m1/s1. The summed E-state index contributed by atoms with van der Waals surface area (Å²) in [6, 6.07) is 0. The molecule has 0 unspecified atom stereocenters.